The minimum Gasteiger partial charge on any atom is -0.493 e. The van der Waals surface area contributed by atoms with E-state index in [0.717, 1.165) is 16.7 Å². The minimum atomic E-state index is -0.481. The molecule has 11 nitrogen and oxygen atoms in total. The number of benzene rings is 3. The van der Waals surface area contributed by atoms with Crippen LogP contribution >= 0.6 is 0 Å². The van der Waals surface area contributed by atoms with E-state index in [4.69, 9.17) is 14.2 Å². The molecule has 3 aromatic carbocycles. The van der Waals surface area contributed by atoms with Crippen molar-refractivity contribution in [3.63, 3.8) is 0 Å². The van der Waals surface area contributed by atoms with Gasteiger partial charge < -0.3 is 34.6 Å². The summed E-state index contributed by atoms with van der Waals surface area (Å²) < 4.78 is 17.8. The van der Waals surface area contributed by atoms with Gasteiger partial charge in [0, 0.05) is 57.0 Å². The van der Waals surface area contributed by atoms with Gasteiger partial charge in [0.15, 0.2) is 18.1 Å². The van der Waals surface area contributed by atoms with Crippen molar-refractivity contribution in [3.05, 3.63) is 89.0 Å². The fourth-order valence-corrected chi connectivity index (χ4v) is 6.77. The Morgan fingerprint density at radius 2 is 1.59 bits per heavy atom. The first kappa shape index (κ1) is 33.8. The molecule has 0 spiro atoms. The van der Waals surface area contributed by atoms with Crippen LogP contribution in [0.5, 0.6) is 17.2 Å². The molecule has 258 valence electrons. The number of carbonyl (C=O) groups excluding carboxylic acids is 4. The summed E-state index contributed by atoms with van der Waals surface area (Å²) in [5, 5.41) is 6.05. The van der Waals surface area contributed by atoms with Gasteiger partial charge >= 0.3 is 0 Å². The zero-order chi connectivity index (χ0) is 34.3. The van der Waals surface area contributed by atoms with Gasteiger partial charge in [0.25, 0.3) is 11.8 Å². The van der Waals surface area contributed by atoms with Crippen LogP contribution in [-0.4, -0.2) is 85.5 Å². The number of piperidine rings is 2. The van der Waals surface area contributed by atoms with Gasteiger partial charge in [0.1, 0.15) is 11.9 Å². The van der Waals surface area contributed by atoms with E-state index in [2.05, 4.69) is 10.6 Å². The molecule has 6 aliphatic rings. The number of hydrogen-bond donors (Lipinski definition) is 2. The Morgan fingerprint density at radius 1 is 0.857 bits per heavy atom. The third-order valence-corrected chi connectivity index (χ3v) is 9.64. The maximum atomic E-state index is 13.8. The van der Waals surface area contributed by atoms with Gasteiger partial charge in [-0.3, -0.25) is 19.2 Å². The molecule has 11 heteroatoms. The predicted octanol–water partition coefficient (Wildman–Crippen LogP) is 3.66. The summed E-state index contributed by atoms with van der Waals surface area (Å²) in [6.45, 7) is 3.89. The number of rotatable bonds is 3. The minimum absolute atomic E-state index is 0.00141. The van der Waals surface area contributed by atoms with E-state index < -0.39 is 6.04 Å². The van der Waals surface area contributed by atoms with E-state index in [1.54, 1.807) is 6.07 Å². The third-order valence-electron chi connectivity index (χ3n) is 9.64. The van der Waals surface area contributed by atoms with Crippen molar-refractivity contribution in [1.82, 2.24) is 20.4 Å². The highest BCUT2D eigenvalue weighted by Crippen LogP contribution is 2.29. The lowest BCUT2D eigenvalue weighted by Gasteiger charge is -2.41. The van der Waals surface area contributed by atoms with Crippen molar-refractivity contribution >= 4 is 23.6 Å². The predicted molar refractivity (Wildman–Crippen MR) is 182 cm³/mol. The molecule has 3 aromatic rings. The first-order valence-corrected chi connectivity index (χ1v) is 17.0. The van der Waals surface area contributed by atoms with Gasteiger partial charge in [0.2, 0.25) is 11.8 Å². The maximum absolute atomic E-state index is 13.8. The van der Waals surface area contributed by atoms with Crippen molar-refractivity contribution in [1.29, 1.82) is 0 Å². The average Bonchev–Trinajstić information content (AvgIpc) is 3.13. The first-order valence-electron chi connectivity index (χ1n) is 17.0. The van der Waals surface area contributed by atoms with E-state index in [0.29, 0.717) is 87.6 Å². The summed E-state index contributed by atoms with van der Waals surface area (Å²) in [4.78, 5) is 56.4. The van der Waals surface area contributed by atoms with Gasteiger partial charge in [0.05, 0.1) is 13.2 Å². The molecule has 49 heavy (non-hydrogen) atoms. The number of ether oxygens (including phenoxy) is 3. The first-order chi connectivity index (χ1) is 23.8. The Bertz CT molecular complexity index is 1670. The molecule has 2 atom stereocenters. The number of likely N-dealkylation sites (tertiary alicyclic amines) is 2. The van der Waals surface area contributed by atoms with Crippen molar-refractivity contribution in [2.75, 3.05) is 39.9 Å². The van der Waals surface area contributed by atoms with Gasteiger partial charge in [-0.25, -0.2) is 0 Å². The topological polar surface area (TPSA) is 127 Å². The molecular weight excluding hydrogens is 624 g/mol. The zero-order valence-electron chi connectivity index (χ0n) is 28.1. The summed E-state index contributed by atoms with van der Waals surface area (Å²) in [6, 6.07) is 20.0. The van der Waals surface area contributed by atoms with Crippen LogP contribution in [0, 0.1) is 12.8 Å². The molecule has 4 amide bonds. The monoisotopic (exact) mass is 668 g/mol. The Balaban J connectivity index is 1.14. The quantitative estimate of drug-likeness (QED) is 0.437. The Hall–Kier alpha value is -5.06. The van der Waals surface area contributed by atoms with Gasteiger partial charge in [-0.05, 0) is 73.2 Å². The number of amides is 4. The van der Waals surface area contributed by atoms with Crippen LogP contribution in [-0.2, 0) is 27.3 Å². The normalized spacial score (nSPS) is 20.7. The molecular formula is C38H44N4O7. The van der Waals surface area contributed by atoms with Crippen LogP contribution in [0.2, 0.25) is 0 Å². The number of carbonyl (C=O) groups is 4. The molecule has 4 bridgehead atoms. The lowest BCUT2D eigenvalue weighted by molar-refractivity contribution is -0.140. The molecule has 2 fully saturated rings. The van der Waals surface area contributed by atoms with E-state index in [-0.39, 0.29) is 42.3 Å². The van der Waals surface area contributed by atoms with Crippen molar-refractivity contribution < 1.29 is 33.4 Å². The molecule has 2 N–H and O–H groups in total. The van der Waals surface area contributed by atoms with E-state index >= 15 is 0 Å². The second-order valence-electron chi connectivity index (χ2n) is 13.0. The Kier molecular flexibility index (Phi) is 10.7. The largest absolute Gasteiger partial charge is 0.493 e. The van der Waals surface area contributed by atoms with Crippen LogP contribution in [0.4, 0.5) is 0 Å². The van der Waals surface area contributed by atoms with Crippen molar-refractivity contribution in [2.24, 2.45) is 5.92 Å². The van der Waals surface area contributed by atoms with E-state index in [9.17, 15) is 19.2 Å². The lowest BCUT2D eigenvalue weighted by atomic mass is 9.92. The van der Waals surface area contributed by atoms with Crippen molar-refractivity contribution in [3.8, 4) is 17.2 Å². The number of methoxy groups -OCH3 is 1. The smallest absolute Gasteiger partial charge is 0.258 e. The SMILES string of the molecule is COc1cc2ccc1OCC(=O)N[C@@H]1CN(C(=O)C3CCN(C(=O)c4ccccc4C)CC3)CC[C@H]1Oc1ccc(cc1)CNC(=O)CC2. The van der Waals surface area contributed by atoms with Crippen LogP contribution in [0.1, 0.15) is 52.7 Å². The molecule has 0 aromatic heterocycles. The third kappa shape index (κ3) is 8.33. The van der Waals surface area contributed by atoms with Gasteiger partial charge in [-0.15, -0.1) is 0 Å². The molecule has 2 saturated heterocycles. The van der Waals surface area contributed by atoms with Crippen LogP contribution in [0.3, 0.4) is 0 Å². The maximum Gasteiger partial charge on any atom is 0.258 e. The highest BCUT2D eigenvalue weighted by molar-refractivity contribution is 5.95. The average molecular weight is 669 g/mol. The summed E-state index contributed by atoms with van der Waals surface area (Å²) in [5.74, 6) is 0.964. The Morgan fingerprint density at radius 3 is 2.35 bits per heavy atom. The van der Waals surface area contributed by atoms with Crippen LogP contribution < -0.4 is 24.8 Å². The molecule has 6 aliphatic heterocycles. The molecule has 0 saturated carbocycles. The number of nitrogens with zero attached hydrogens (tertiary/aromatic N) is 2. The number of hydrogen-bond acceptors (Lipinski definition) is 7. The van der Waals surface area contributed by atoms with Gasteiger partial charge in [-0.1, -0.05) is 36.4 Å². The fraction of sp³-hybridized carbons (Fsp3) is 0.421. The van der Waals surface area contributed by atoms with Crippen molar-refractivity contribution in [2.45, 2.75) is 57.7 Å². The van der Waals surface area contributed by atoms with E-state index in [1.165, 1.54) is 7.11 Å². The lowest BCUT2D eigenvalue weighted by Crippen LogP contribution is -2.59. The second-order valence-corrected chi connectivity index (χ2v) is 13.0. The molecule has 0 unspecified atom stereocenters. The summed E-state index contributed by atoms with van der Waals surface area (Å²) in [5.41, 5.74) is 3.49. The van der Waals surface area contributed by atoms with E-state index in [1.807, 2.05) is 77.4 Å². The standard InChI is InChI=1S/C38H44N4O7/c1-25-5-3-4-6-30(25)38(46)41-18-15-28(16-19-41)37(45)42-20-17-32-31(23-42)40-36(44)24-48-33-13-9-26(21-34(33)47-2)10-14-35(43)39-22-27-7-11-29(49-32)12-8-27/h3-9,11-13,21,28,31-32H,10,14-20,22-24H2,1-2H3,(H,39,43)(H,40,44)/t31-,32-/m1/s1. The molecule has 0 radical (unpaired) electrons. The summed E-state index contributed by atoms with van der Waals surface area (Å²) in [7, 11) is 1.53. The summed E-state index contributed by atoms with van der Waals surface area (Å²) in [6.07, 6.45) is 2.17. The number of aryl methyl sites for hydroxylation is 2. The highest BCUT2D eigenvalue weighted by atomic mass is 16.5. The second kappa shape index (κ2) is 15.4. The number of nitrogens with one attached hydrogen (secondary N) is 2. The molecule has 6 heterocycles. The fourth-order valence-electron chi connectivity index (χ4n) is 6.77. The summed E-state index contributed by atoms with van der Waals surface area (Å²) >= 11 is 0. The Labute approximate surface area is 286 Å². The zero-order valence-corrected chi connectivity index (χ0v) is 28.1. The van der Waals surface area contributed by atoms with Crippen LogP contribution in [0.15, 0.2) is 66.7 Å². The molecule has 0 aliphatic carbocycles. The van der Waals surface area contributed by atoms with Gasteiger partial charge in [-0.2, -0.15) is 0 Å². The van der Waals surface area contributed by atoms with Crippen LogP contribution in [0.25, 0.3) is 0 Å². The molecule has 9 rings (SSSR count). The highest BCUT2D eigenvalue weighted by Gasteiger charge is 2.38.